The van der Waals surface area contributed by atoms with E-state index in [2.05, 4.69) is 5.32 Å². The van der Waals surface area contributed by atoms with Crippen LogP contribution in [-0.4, -0.2) is 42.0 Å². The number of hydrogen-bond acceptors (Lipinski definition) is 3. The van der Waals surface area contributed by atoms with Gasteiger partial charge in [0.2, 0.25) is 5.91 Å². The Bertz CT molecular complexity index is 721. The number of hydrogen-bond donors (Lipinski definition) is 2. The third-order valence-electron chi connectivity index (χ3n) is 4.21. The highest BCUT2D eigenvalue weighted by molar-refractivity contribution is 6.09. The summed E-state index contributed by atoms with van der Waals surface area (Å²) in [5.74, 6) is -2.39. The third-order valence-corrected chi connectivity index (χ3v) is 4.21. The molecule has 4 amide bonds. The lowest BCUT2D eigenvalue weighted by atomic mass is 9.85. The molecule has 1 aromatic carbocycles. The van der Waals surface area contributed by atoms with Crippen molar-refractivity contribution in [3.63, 3.8) is 0 Å². The van der Waals surface area contributed by atoms with Crippen LogP contribution in [0.2, 0.25) is 0 Å². The molecule has 2 rings (SSSR count). The van der Waals surface area contributed by atoms with Crippen molar-refractivity contribution in [1.29, 1.82) is 0 Å². The summed E-state index contributed by atoms with van der Waals surface area (Å²) in [5, 5.41) is 4.15. The molecule has 1 aromatic rings. The molecule has 1 aliphatic heterocycles. The molecule has 0 spiro atoms. The SMILES string of the molecule is CCCCC1(c2ccc(F)cc2)NC(=O)N(CC(=O)NCC(F)(F)F)C1=O. The fourth-order valence-corrected chi connectivity index (χ4v) is 2.85. The second-order valence-electron chi connectivity index (χ2n) is 6.23. The van der Waals surface area contributed by atoms with Crippen molar-refractivity contribution >= 4 is 17.8 Å². The summed E-state index contributed by atoms with van der Waals surface area (Å²) in [6, 6.07) is 4.11. The Hall–Kier alpha value is -2.65. The Morgan fingerprint density at radius 2 is 1.85 bits per heavy atom. The number of nitrogens with zero attached hydrogens (tertiary/aromatic N) is 1. The van der Waals surface area contributed by atoms with Crippen LogP contribution < -0.4 is 10.6 Å². The van der Waals surface area contributed by atoms with Crippen LogP contribution in [0.4, 0.5) is 22.4 Å². The molecule has 1 heterocycles. The zero-order valence-electron chi connectivity index (χ0n) is 14.5. The summed E-state index contributed by atoms with van der Waals surface area (Å²) in [4.78, 5) is 37.5. The normalized spacial score (nSPS) is 20.0. The first-order chi connectivity index (χ1) is 12.6. The number of amides is 4. The van der Waals surface area contributed by atoms with Crippen molar-refractivity contribution in [1.82, 2.24) is 15.5 Å². The quantitative estimate of drug-likeness (QED) is 0.555. The van der Waals surface area contributed by atoms with Gasteiger partial charge < -0.3 is 10.6 Å². The average molecular weight is 389 g/mol. The van der Waals surface area contributed by atoms with Crippen LogP contribution >= 0.6 is 0 Å². The van der Waals surface area contributed by atoms with Gasteiger partial charge in [-0.25, -0.2) is 9.18 Å². The standard InChI is InChI=1S/C17H19F4N3O3/c1-2-3-8-16(11-4-6-12(18)7-5-11)14(26)24(15(27)23-16)9-13(25)22-10-17(19,20)21/h4-7H,2-3,8-10H2,1H3,(H,22,25)(H,23,27). The molecule has 0 aromatic heterocycles. The zero-order valence-corrected chi connectivity index (χ0v) is 14.5. The zero-order chi connectivity index (χ0) is 20.2. The van der Waals surface area contributed by atoms with Gasteiger partial charge in [0.05, 0.1) is 0 Å². The highest BCUT2D eigenvalue weighted by Crippen LogP contribution is 2.34. The minimum Gasteiger partial charge on any atom is -0.345 e. The lowest BCUT2D eigenvalue weighted by molar-refractivity contribution is -0.141. The molecule has 1 fully saturated rings. The van der Waals surface area contributed by atoms with E-state index in [1.165, 1.54) is 12.1 Å². The Balaban J connectivity index is 2.23. The molecule has 0 saturated carbocycles. The van der Waals surface area contributed by atoms with Gasteiger partial charge >= 0.3 is 12.2 Å². The largest absolute Gasteiger partial charge is 0.405 e. The first-order valence-electron chi connectivity index (χ1n) is 8.32. The van der Waals surface area contributed by atoms with Crippen molar-refractivity contribution in [2.45, 2.75) is 37.9 Å². The molecule has 2 N–H and O–H groups in total. The van der Waals surface area contributed by atoms with E-state index in [1.54, 1.807) is 5.32 Å². The molecule has 1 aliphatic rings. The van der Waals surface area contributed by atoms with Crippen LogP contribution in [0.5, 0.6) is 0 Å². The molecule has 1 atom stereocenters. The van der Waals surface area contributed by atoms with E-state index >= 15 is 0 Å². The molecule has 6 nitrogen and oxygen atoms in total. The number of alkyl halides is 3. The molecule has 10 heteroatoms. The summed E-state index contributed by atoms with van der Waals surface area (Å²) >= 11 is 0. The van der Waals surface area contributed by atoms with E-state index in [0.29, 0.717) is 23.3 Å². The number of carbonyl (C=O) groups excluding carboxylic acids is 3. The van der Waals surface area contributed by atoms with Crippen LogP contribution in [0.1, 0.15) is 31.7 Å². The Labute approximate surface area is 152 Å². The van der Waals surface area contributed by atoms with Gasteiger partial charge in [-0.1, -0.05) is 31.9 Å². The van der Waals surface area contributed by atoms with Gasteiger partial charge in [-0.3, -0.25) is 14.5 Å². The Kier molecular flexibility index (Phi) is 6.07. The minimum atomic E-state index is -4.61. The number of carbonyl (C=O) groups is 3. The van der Waals surface area contributed by atoms with Crippen molar-refractivity contribution in [3.8, 4) is 0 Å². The minimum absolute atomic E-state index is 0.209. The van der Waals surface area contributed by atoms with E-state index in [9.17, 15) is 31.9 Å². The van der Waals surface area contributed by atoms with Crippen molar-refractivity contribution in [2.24, 2.45) is 0 Å². The molecule has 1 unspecified atom stereocenters. The first kappa shape index (κ1) is 20.7. The van der Waals surface area contributed by atoms with Gasteiger partial charge in [0, 0.05) is 0 Å². The summed E-state index contributed by atoms with van der Waals surface area (Å²) in [7, 11) is 0. The van der Waals surface area contributed by atoms with Crippen molar-refractivity contribution < 1.29 is 31.9 Å². The van der Waals surface area contributed by atoms with E-state index in [1.807, 2.05) is 6.92 Å². The fraction of sp³-hybridized carbons (Fsp3) is 0.471. The van der Waals surface area contributed by atoms with Crippen LogP contribution in [0.15, 0.2) is 24.3 Å². The topological polar surface area (TPSA) is 78.5 Å². The number of nitrogens with one attached hydrogen (secondary N) is 2. The number of urea groups is 1. The van der Waals surface area contributed by atoms with Crippen molar-refractivity contribution in [3.05, 3.63) is 35.6 Å². The second kappa shape index (κ2) is 7.93. The average Bonchev–Trinajstić information content (AvgIpc) is 2.83. The molecular formula is C17H19F4N3O3. The summed E-state index contributed by atoms with van der Waals surface area (Å²) in [5.41, 5.74) is -1.14. The number of halogens is 4. The predicted octanol–water partition coefficient (Wildman–Crippen LogP) is 2.44. The lowest BCUT2D eigenvalue weighted by Crippen LogP contribution is -2.46. The van der Waals surface area contributed by atoms with Gasteiger partial charge in [0.1, 0.15) is 24.4 Å². The fourth-order valence-electron chi connectivity index (χ4n) is 2.85. The second-order valence-corrected chi connectivity index (χ2v) is 6.23. The van der Waals surface area contributed by atoms with Gasteiger partial charge in [-0.2, -0.15) is 13.2 Å². The van der Waals surface area contributed by atoms with Gasteiger partial charge in [0.15, 0.2) is 0 Å². The maximum atomic E-state index is 13.2. The molecule has 0 bridgehead atoms. The molecule has 0 aliphatic carbocycles. The Morgan fingerprint density at radius 3 is 2.41 bits per heavy atom. The summed E-state index contributed by atoms with van der Waals surface area (Å²) < 4.78 is 49.8. The van der Waals surface area contributed by atoms with E-state index in [-0.39, 0.29) is 6.42 Å². The molecule has 0 radical (unpaired) electrons. The van der Waals surface area contributed by atoms with E-state index < -0.39 is 48.5 Å². The maximum absolute atomic E-state index is 13.2. The highest BCUT2D eigenvalue weighted by atomic mass is 19.4. The number of imide groups is 1. The van der Waals surface area contributed by atoms with Crippen LogP contribution in [-0.2, 0) is 15.1 Å². The van der Waals surface area contributed by atoms with E-state index in [0.717, 1.165) is 12.1 Å². The lowest BCUT2D eigenvalue weighted by Gasteiger charge is -2.27. The summed E-state index contributed by atoms with van der Waals surface area (Å²) in [6.07, 6.45) is -3.14. The predicted molar refractivity (Wildman–Crippen MR) is 86.9 cm³/mol. The van der Waals surface area contributed by atoms with Crippen molar-refractivity contribution in [2.75, 3.05) is 13.1 Å². The van der Waals surface area contributed by atoms with E-state index in [4.69, 9.17) is 0 Å². The van der Waals surface area contributed by atoms with Crippen LogP contribution in [0.25, 0.3) is 0 Å². The Morgan fingerprint density at radius 1 is 1.22 bits per heavy atom. The third kappa shape index (κ3) is 4.75. The number of benzene rings is 1. The number of unbranched alkanes of at least 4 members (excludes halogenated alkanes) is 1. The monoisotopic (exact) mass is 389 g/mol. The molecule has 148 valence electrons. The van der Waals surface area contributed by atoms with Gasteiger partial charge in [-0.15, -0.1) is 0 Å². The molecular weight excluding hydrogens is 370 g/mol. The highest BCUT2D eigenvalue weighted by Gasteiger charge is 2.52. The van der Waals surface area contributed by atoms with Crippen LogP contribution in [0.3, 0.4) is 0 Å². The molecule has 1 saturated heterocycles. The van der Waals surface area contributed by atoms with Crippen LogP contribution in [0, 0.1) is 5.82 Å². The van der Waals surface area contributed by atoms with Gasteiger partial charge in [-0.05, 0) is 24.1 Å². The smallest absolute Gasteiger partial charge is 0.345 e. The van der Waals surface area contributed by atoms with Gasteiger partial charge in [0.25, 0.3) is 5.91 Å². The summed E-state index contributed by atoms with van der Waals surface area (Å²) in [6.45, 7) is -0.522. The molecule has 27 heavy (non-hydrogen) atoms. The maximum Gasteiger partial charge on any atom is 0.405 e. The number of rotatable bonds is 7. The first-order valence-corrected chi connectivity index (χ1v) is 8.32.